The van der Waals surface area contributed by atoms with Crippen molar-refractivity contribution in [1.82, 2.24) is 25.1 Å². The molecule has 3 rings (SSSR count). The summed E-state index contributed by atoms with van der Waals surface area (Å²) in [5, 5.41) is 12.7. The van der Waals surface area contributed by atoms with Crippen LogP contribution in [0.4, 0.5) is 5.82 Å². The van der Waals surface area contributed by atoms with Gasteiger partial charge < -0.3 is 15.4 Å². The number of nitrogens with zero attached hydrogens (tertiary/aromatic N) is 4. The standard InChI is InChI=1S/C21H28N6O2S/c1-14(2)30-21-25-18(22-10-12-29-4)17-13-24-27(19(17)26-21)11-9-23-20(28)16-8-6-5-7-15(16)3/h5-8,13-14H,9-12H2,1-4H3,(H,23,28)(H,22,25,26). The molecule has 0 aliphatic rings. The number of hydrogen-bond acceptors (Lipinski definition) is 7. The lowest BCUT2D eigenvalue weighted by atomic mass is 10.1. The molecule has 0 fully saturated rings. The predicted octanol–water partition coefficient (Wildman–Crippen LogP) is 3.12. The van der Waals surface area contributed by atoms with Crippen molar-refractivity contribution in [2.75, 3.05) is 32.1 Å². The fourth-order valence-electron chi connectivity index (χ4n) is 2.97. The first-order valence-electron chi connectivity index (χ1n) is 9.96. The van der Waals surface area contributed by atoms with E-state index in [0.29, 0.717) is 42.2 Å². The molecule has 0 aliphatic carbocycles. The highest BCUT2D eigenvalue weighted by Crippen LogP contribution is 2.26. The summed E-state index contributed by atoms with van der Waals surface area (Å²) < 4.78 is 6.93. The Hall–Kier alpha value is -2.65. The van der Waals surface area contributed by atoms with E-state index in [0.717, 1.165) is 22.4 Å². The van der Waals surface area contributed by atoms with E-state index < -0.39 is 0 Å². The predicted molar refractivity (Wildman–Crippen MR) is 120 cm³/mol. The van der Waals surface area contributed by atoms with Crippen molar-refractivity contribution in [3.63, 3.8) is 0 Å². The fraction of sp³-hybridized carbons (Fsp3) is 0.429. The lowest BCUT2D eigenvalue weighted by Gasteiger charge is -2.11. The van der Waals surface area contributed by atoms with Crippen molar-refractivity contribution >= 4 is 34.5 Å². The summed E-state index contributed by atoms with van der Waals surface area (Å²) in [5.74, 6) is 0.660. The molecule has 1 aromatic carbocycles. The number of methoxy groups -OCH3 is 1. The Morgan fingerprint density at radius 3 is 2.77 bits per heavy atom. The third-order valence-electron chi connectivity index (χ3n) is 4.41. The van der Waals surface area contributed by atoms with Crippen LogP contribution in [0.25, 0.3) is 11.0 Å². The van der Waals surface area contributed by atoms with Crippen LogP contribution < -0.4 is 10.6 Å². The molecule has 2 aromatic heterocycles. The summed E-state index contributed by atoms with van der Waals surface area (Å²) in [4.78, 5) is 21.8. The van der Waals surface area contributed by atoms with Gasteiger partial charge in [-0.3, -0.25) is 4.79 Å². The van der Waals surface area contributed by atoms with Gasteiger partial charge in [-0.25, -0.2) is 14.6 Å². The molecule has 2 N–H and O–H groups in total. The molecule has 1 amide bonds. The maximum Gasteiger partial charge on any atom is 0.251 e. The van der Waals surface area contributed by atoms with Crippen molar-refractivity contribution in [1.29, 1.82) is 0 Å². The van der Waals surface area contributed by atoms with Gasteiger partial charge in [-0.1, -0.05) is 43.8 Å². The number of thioether (sulfide) groups is 1. The van der Waals surface area contributed by atoms with Crippen LogP contribution in [0, 0.1) is 6.92 Å². The van der Waals surface area contributed by atoms with Crippen LogP contribution in [-0.2, 0) is 11.3 Å². The van der Waals surface area contributed by atoms with Crippen molar-refractivity contribution in [2.24, 2.45) is 0 Å². The second kappa shape index (κ2) is 10.4. The lowest BCUT2D eigenvalue weighted by molar-refractivity contribution is 0.0951. The molecule has 0 radical (unpaired) electrons. The number of hydrogen-bond donors (Lipinski definition) is 2. The second-order valence-electron chi connectivity index (χ2n) is 7.12. The summed E-state index contributed by atoms with van der Waals surface area (Å²) in [7, 11) is 1.67. The number of aryl methyl sites for hydroxylation is 1. The number of carbonyl (C=O) groups is 1. The highest BCUT2D eigenvalue weighted by Gasteiger charge is 2.15. The molecule has 0 unspecified atom stereocenters. The average Bonchev–Trinajstić information content (AvgIpc) is 3.11. The smallest absolute Gasteiger partial charge is 0.251 e. The van der Waals surface area contributed by atoms with Gasteiger partial charge in [-0.15, -0.1) is 0 Å². The molecule has 0 aliphatic heterocycles. The van der Waals surface area contributed by atoms with Crippen LogP contribution in [-0.4, -0.2) is 57.7 Å². The second-order valence-corrected chi connectivity index (χ2v) is 8.66. The fourth-order valence-corrected chi connectivity index (χ4v) is 3.67. The summed E-state index contributed by atoms with van der Waals surface area (Å²) in [5.41, 5.74) is 2.39. The number of nitrogens with one attached hydrogen (secondary N) is 2. The maximum absolute atomic E-state index is 12.4. The summed E-state index contributed by atoms with van der Waals surface area (Å²) in [6, 6.07) is 7.55. The van der Waals surface area contributed by atoms with E-state index in [1.807, 2.05) is 31.2 Å². The average molecular weight is 429 g/mol. The van der Waals surface area contributed by atoms with Crippen LogP contribution in [0.2, 0.25) is 0 Å². The monoisotopic (exact) mass is 428 g/mol. The normalized spacial score (nSPS) is 11.2. The Morgan fingerprint density at radius 1 is 1.23 bits per heavy atom. The third-order valence-corrected chi connectivity index (χ3v) is 5.28. The lowest BCUT2D eigenvalue weighted by Crippen LogP contribution is -2.28. The number of fused-ring (bicyclic) bond motifs is 1. The number of amides is 1. The van der Waals surface area contributed by atoms with E-state index in [-0.39, 0.29) is 5.91 Å². The maximum atomic E-state index is 12.4. The Balaban J connectivity index is 1.75. The van der Waals surface area contributed by atoms with Crippen LogP contribution in [0.5, 0.6) is 0 Å². The van der Waals surface area contributed by atoms with Gasteiger partial charge in [0.2, 0.25) is 0 Å². The minimum absolute atomic E-state index is 0.0860. The summed E-state index contributed by atoms with van der Waals surface area (Å²) in [6.45, 7) is 8.33. The number of anilines is 1. The van der Waals surface area contributed by atoms with Gasteiger partial charge in [0.05, 0.1) is 24.7 Å². The van der Waals surface area contributed by atoms with Gasteiger partial charge >= 0.3 is 0 Å². The quantitative estimate of drug-likeness (QED) is 0.291. The molecule has 2 heterocycles. The number of ether oxygens (including phenoxy) is 1. The van der Waals surface area contributed by atoms with E-state index in [2.05, 4.69) is 34.6 Å². The van der Waals surface area contributed by atoms with Crippen molar-refractivity contribution < 1.29 is 9.53 Å². The largest absolute Gasteiger partial charge is 0.383 e. The van der Waals surface area contributed by atoms with Crippen molar-refractivity contribution in [2.45, 2.75) is 37.7 Å². The van der Waals surface area contributed by atoms with Gasteiger partial charge in [-0.05, 0) is 18.6 Å². The van der Waals surface area contributed by atoms with Crippen LogP contribution in [0.1, 0.15) is 29.8 Å². The van der Waals surface area contributed by atoms with E-state index in [1.54, 1.807) is 29.8 Å². The topological polar surface area (TPSA) is 94.0 Å². The summed E-state index contributed by atoms with van der Waals surface area (Å²) >= 11 is 1.60. The molecule has 0 spiro atoms. The van der Waals surface area contributed by atoms with Crippen molar-refractivity contribution in [3.05, 3.63) is 41.6 Å². The zero-order valence-corrected chi connectivity index (χ0v) is 18.6. The van der Waals surface area contributed by atoms with Gasteiger partial charge in [0.1, 0.15) is 5.82 Å². The minimum atomic E-state index is -0.0860. The molecule has 8 nitrogen and oxygen atoms in total. The first-order chi connectivity index (χ1) is 14.5. The van der Waals surface area contributed by atoms with Crippen LogP contribution in [0.15, 0.2) is 35.6 Å². The molecule has 160 valence electrons. The molecule has 0 saturated carbocycles. The van der Waals surface area contributed by atoms with Crippen molar-refractivity contribution in [3.8, 4) is 0 Å². The van der Waals surface area contributed by atoms with Crippen LogP contribution >= 0.6 is 11.8 Å². The zero-order chi connectivity index (χ0) is 21.5. The van der Waals surface area contributed by atoms with Crippen LogP contribution in [0.3, 0.4) is 0 Å². The Bertz CT molecular complexity index is 1000. The van der Waals surface area contributed by atoms with E-state index in [1.165, 1.54) is 0 Å². The van der Waals surface area contributed by atoms with Gasteiger partial charge in [-0.2, -0.15) is 5.10 Å². The van der Waals surface area contributed by atoms with E-state index in [9.17, 15) is 4.79 Å². The van der Waals surface area contributed by atoms with Gasteiger partial charge in [0.15, 0.2) is 10.8 Å². The minimum Gasteiger partial charge on any atom is -0.383 e. The first kappa shape index (κ1) is 22.0. The van der Waals surface area contributed by atoms with Gasteiger partial charge in [0.25, 0.3) is 5.91 Å². The highest BCUT2D eigenvalue weighted by molar-refractivity contribution is 7.99. The molecular formula is C21H28N6O2S. The Morgan fingerprint density at radius 2 is 2.03 bits per heavy atom. The first-order valence-corrected chi connectivity index (χ1v) is 10.8. The Labute approximate surface area is 180 Å². The van der Waals surface area contributed by atoms with E-state index >= 15 is 0 Å². The number of rotatable bonds is 10. The zero-order valence-electron chi connectivity index (χ0n) is 17.8. The number of carbonyl (C=O) groups excluding carboxylic acids is 1. The molecule has 0 bridgehead atoms. The number of aromatic nitrogens is 4. The van der Waals surface area contributed by atoms with Gasteiger partial charge in [0, 0.05) is 31.0 Å². The molecule has 0 atom stereocenters. The third kappa shape index (κ3) is 5.48. The summed E-state index contributed by atoms with van der Waals surface area (Å²) in [6.07, 6.45) is 1.76. The number of benzene rings is 1. The molecule has 30 heavy (non-hydrogen) atoms. The van der Waals surface area contributed by atoms with E-state index in [4.69, 9.17) is 9.72 Å². The SMILES string of the molecule is COCCNc1nc(SC(C)C)nc2c1cnn2CCNC(=O)c1ccccc1C. The Kier molecular flexibility index (Phi) is 7.64. The highest BCUT2D eigenvalue weighted by atomic mass is 32.2. The molecule has 3 aromatic rings. The molecule has 0 saturated heterocycles. The molecule has 9 heteroatoms. The molecular weight excluding hydrogens is 400 g/mol.